The number of aliphatic hydroxyl groups excluding tert-OH is 1. The highest BCUT2D eigenvalue weighted by Crippen LogP contribution is 2.35. The van der Waals surface area contributed by atoms with Crippen LogP contribution in [0.25, 0.3) is 0 Å². The largest absolute Gasteiger partial charge is 0.416 e. The van der Waals surface area contributed by atoms with Gasteiger partial charge in [-0.25, -0.2) is 8.78 Å². The Bertz CT molecular complexity index is 621. The van der Waals surface area contributed by atoms with Gasteiger partial charge in [-0.05, 0) is 18.2 Å². The number of alkyl halides is 3. The first kappa shape index (κ1) is 15.4. The van der Waals surface area contributed by atoms with Crippen molar-refractivity contribution in [2.75, 3.05) is 0 Å². The van der Waals surface area contributed by atoms with E-state index in [9.17, 15) is 27.1 Å². The van der Waals surface area contributed by atoms with Gasteiger partial charge in [-0.2, -0.15) is 13.2 Å². The Morgan fingerprint density at radius 1 is 1.10 bits per heavy atom. The molecule has 0 saturated carbocycles. The van der Waals surface area contributed by atoms with Crippen LogP contribution in [0.4, 0.5) is 22.0 Å². The van der Waals surface area contributed by atoms with Gasteiger partial charge in [0.15, 0.2) is 0 Å². The zero-order valence-electron chi connectivity index (χ0n) is 10.5. The van der Waals surface area contributed by atoms with E-state index in [4.69, 9.17) is 0 Å². The van der Waals surface area contributed by atoms with Crippen LogP contribution < -0.4 is 0 Å². The summed E-state index contributed by atoms with van der Waals surface area (Å²) < 4.78 is 65.4. The first-order chi connectivity index (χ1) is 9.80. The van der Waals surface area contributed by atoms with Crippen LogP contribution >= 0.6 is 0 Å². The van der Waals surface area contributed by atoms with Crippen molar-refractivity contribution in [1.29, 1.82) is 0 Å². The van der Waals surface area contributed by atoms with Crippen LogP contribution in [-0.2, 0) is 12.6 Å². The van der Waals surface area contributed by atoms with E-state index in [0.29, 0.717) is 6.07 Å². The maximum Gasteiger partial charge on any atom is 0.416 e. The summed E-state index contributed by atoms with van der Waals surface area (Å²) in [6.45, 7) is 0. The zero-order chi connectivity index (χ0) is 15.6. The van der Waals surface area contributed by atoms with Crippen LogP contribution in [0.3, 0.4) is 0 Å². The summed E-state index contributed by atoms with van der Waals surface area (Å²) in [7, 11) is 0. The highest BCUT2D eigenvalue weighted by atomic mass is 19.4. The molecule has 0 aliphatic rings. The molecule has 2 rings (SSSR count). The van der Waals surface area contributed by atoms with Gasteiger partial charge in [0.1, 0.15) is 11.6 Å². The normalized spacial score (nSPS) is 13.2. The number of aliphatic hydroxyl groups is 1. The second-order valence-electron chi connectivity index (χ2n) is 4.38. The predicted molar refractivity (Wildman–Crippen MR) is 64.3 cm³/mol. The molecule has 1 aromatic carbocycles. The lowest BCUT2D eigenvalue weighted by atomic mass is 9.98. The molecule has 0 bridgehead atoms. The minimum absolute atomic E-state index is 0.470. The van der Waals surface area contributed by atoms with E-state index in [1.165, 1.54) is 0 Å². The zero-order valence-corrected chi connectivity index (χ0v) is 10.5. The summed E-state index contributed by atoms with van der Waals surface area (Å²) in [5, 5.41) is 9.89. The number of halogens is 5. The molecule has 7 heteroatoms. The van der Waals surface area contributed by atoms with Gasteiger partial charge in [-0.15, -0.1) is 0 Å². The standard InChI is InChI=1S/C14H10F5NO/c15-11-2-1-3-12(16)8(11)6-13(21)9-7-20-5-4-10(9)14(17,18)19/h1-5,7,13,21H,6H2. The van der Waals surface area contributed by atoms with E-state index >= 15 is 0 Å². The van der Waals surface area contributed by atoms with Gasteiger partial charge in [0.2, 0.25) is 0 Å². The Hall–Kier alpha value is -2.02. The van der Waals surface area contributed by atoms with Crippen molar-refractivity contribution in [3.05, 3.63) is 65.0 Å². The third kappa shape index (κ3) is 3.36. The van der Waals surface area contributed by atoms with Crippen LogP contribution in [0.2, 0.25) is 0 Å². The monoisotopic (exact) mass is 303 g/mol. The minimum Gasteiger partial charge on any atom is -0.388 e. The fourth-order valence-corrected chi connectivity index (χ4v) is 1.96. The summed E-state index contributed by atoms with van der Waals surface area (Å²) in [5.74, 6) is -1.85. The van der Waals surface area contributed by atoms with Crippen molar-refractivity contribution in [2.24, 2.45) is 0 Å². The maximum atomic E-state index is 13.5. The summed E-state index contributed by atoms with van der Waals surface area (Å²) in [5.41, 5.74) is -2.07. The number of hydrogen-bond donors (Lipinski definition) is 1. The summed E-state index contributed by atoms with van der Waals surface area (Å²) in [6.07, 6.45) is -5.25. The average Bonchev–Trinajstić information content (AvgIpc) is 2.42. The SMILES string of the molecule is OC(Cc1c(F)cccc1F)c1cnccc1C(F)(F)F. The van der Waals surface area contributed by atoms with Crippen LogP contribution in [0.1, 0.15) is 22.8 Å². The number of rotatable bonds is 3. The molecule has 0 fully saturated rings. The van der Waals surface area contributed by atoms with Gasteiger partial charge in [0.25, 0.3) is 0 Å². The number of pyridine rings is 1. The van der Waals surface area contributed by atoms with Gasteiger partial charge in [0.05, 0.1) is 11.7 Å². The van der Waals surface area contributed by atoms with Crippen molar-refractivity contribution >= 4 is 0 Å². The maximum absolute atomic E-state index is 13.5. The average molecular weight is 303 g/mol. The minimum atomic E-state index is -4.69. The molecule has 0 spiro atoms. The van der Waals surface area contributed by atoms with E-state index in [1.807, 2.05) is 0 Å². The first-order valence-electron chi connectivity index (χ1n) is 5.92. The molecule has 1 heterocycles. The highest BCUT2D eigenvalue weighted by molar-refractivity contribution is 5.30. The molecule has 0 aliphatic carbocycles. The van der Waals surface area contributed by atoms with Crippen LogP contribution in [0.5, 0.6) is 0 Å². The third-order valence-corrected chi connectivity index (χ3v) is 2.98. The van der Waals surface area contributed by atoms with Crippen LogP contribution in [0.15, 0.2) is 36.7 Å². The molecule has 2 nitrogen and oxygen atoms in total. The van der Waals surface area contributed by atoms with Crippen LogP contribution in [-0.4, -0.2) is 10.1 Å². The summed E-state index contributed by atoms with van der Waals surface area (Å²) >= 11 is 0. The Balaban J connectivity index is 2.36. The molecule has 1 N–H and O–H groups in total. The number of aromatic nitrogens is 1. The lowest BCUT2D eigenvalue weighted by Crippen LogP contribution is -2.14. The lowest BCUT2D eigenvalue weighted by molar-refractivity contribution is -0.139. The fourth-order valence-electron chi connectivity index (χ4n) is 1.96. The predicted octanol–water partition coefficient (Wildman–Crippen LogP) is 3.65. The van der Waals surface area contributed by atoms with E-state index in [-0.39, 0.29) is 0 Å². The number of benzene rings is 1. The molecule has 0 saturated heterocycles. The molecule has 0 radical (unpaired) electrons. The van der Waals surface area contributed by atoms with Crippen molar-refractivity contribution in [3.63, 3.8) is 0 Å². The second-order valence-corrected chi connectivity index (χ2v) is 4.38. The van der Waals surface area contributed by atoms with E-state index in [1.54, 1.807) is 0 Å². The molecule has 1 atom stereocenters. The molecular formula is C14H10F5NO. The van der Waals surface area contributed by atoms with E-state index in [0.717, 1.165) is 30.6 Å². The van der Waals surface area contributed by atoms with Crippen molar-refractivity contribution < 1.29 is 27.1 Å². The molecule has 112 valence electrons. The Labute approximate surface area is 116 Å². The summed E-state index contributed by atoms with van der Waals surface area (Å²) in [4.78, 5) is 3.52. The molecule has 1 aromatic heterocycles. The van der Waals surface area contributed by atoms with Gasteiger partial charge in [-0.3, -0.25) is 4.98 Å². The quantitative estimate of drug-likeness (QED) is 0.878. The highest BCUT2D eigenvalue weighted by Gasteiger charge is 2.35. The molecule has 0 amide bonds. The van der Waals surface area contributed by atoms with Gasteiger partial charge in [0, 0.05) is 29.9 Å². The molecule has 1 unspecified atom stereocenters. The van der Waals surface area contributed by atoms with E-state index < -0.39 is 47.0 Å². The molecular weight excluding hydrogens is 293 g/mol. The fraction of sp³-hybridized carbons (Fsp3) is 0.214. The topological polar surface area (TPSA) is 33.1 Å². The van der Waals surface area contributed by atoms with Gasteiger partial charge < -0.3 is 5.11 Å². The molecule has 21 heavy (non-hydrogen) atoms. The first-order valence-corrected chi connectivity index (χ1v) is 5.92. The lowest BCUT2D eigenvalue weighted by Gasteiger charge is -2.17. The smallest absolute Gasteiger partial charge is 0.388 e. The summed E-state index contributed by atoms with van der Waals surface area (Å²) in [6, 6.07) is 3.78. The third-order valence-electron chi connectivity index (χ3n) is 2.98. The van der Waals surface area contributed by atoms with Crippen LogP contribution in [0, 0.1) is 11.6 Å². The Kier molecular flexibility index (Phi) is 4.22. The van der Waals surface area contributed by atoms with Crippen molar-refractivity contribution in [1.82, 2.24) is 4.98 Å². The van der Waals surface area contributed by atoms with E-state index in [2.05, 4.69) is 4.98 Å². The number of nitrogens with zero attached hydrogens (tertiary/aromatic N) is 1. The number of hydrogen-bond acceptors (Lipinski definition) is 2. The second kappa shape index (κ2) is 5.77. The molecule has 0 aliphatic heterocycles. The van der Waals surface area contributed by atoms with Gasteiger partial charge in [-0.1, -0.05) is 6.07 Å². The Morgan fingerprint density at radius 3 is 2.29 bits per heavy atom. The van der Waals surface area contributed by atoms with Gasteiger partial charge >= 0.3 is 6.18 Å². The Morgan fingerprint density at radius 2 is 1.71 bits per heavy atom. The van der Waals surface area contributed by atoms with Crippen molar-refractivity contribution in [3.8, 4) is 0 Å². The van der Waals surface area contributed by atoms with Crippen molar-refractivity contribution in [2.45, 2.75) is 18.7 Å². The molecule has 2 aromatic rings.